The quantitative estimate of drug-likeness (QED) is 0.0258. The summed E-state index contributed by atoms with van der Waals surface area (Å²) in [7, 11) is 0. The predicted octanol–water partition coefficient (Wildman–Crippen LogP) is -11.9. The van der Waals surface area contributed by atoms with Crippen molar-refractivity contribution < 1.29 is 149 Å². The van der Waals surface area contributed by atoms with Gasteiger partial charge in [-0.3, -0.25) is 19.2 Å². The van der Waals surface area contributed by atoms with Crippen LogP contribution in [0.5, 0.6) is 0 Å². The van der Waals surface area contributed by atoms with Crippen LogP contribution in [0.3, 0.4) is 0 Å². The van der Waals surface area contributed by atoms with Crippen LogP contribution in [0.4, 0.5) is 0 Å². The van der Waals surface area contributed by atoms with Crippen molar-refractivity contribution >= 4 is 59.7 Å². The van der Waals surface area contributed by atoms with Crippen molar-refractivity contribution in [2.75, 3.05) is 13.2 Å². The highest BCUT2D eigenvalue weighted by Crippen LogP contribution is 2.21. The summed E-state index contributed by atoms with van der Waals surface area (Å²) in [4.78, 5) is 119. The predicted molar refractivity (Wildman–Crippen MR) is 162 cm³/mol. The molecule has 0 aromatic carbocycles. The molecule has 0 bridgehead atoms. The molecule has 16 N–H and O–H groups in total. The molecule has 0 aromatic heterocycles. The van der Waals surface area contributed by atoms with Gasteiger partial charge in [0.15, 0.2) is 35.6 Å². The Bertz CT molecular complexity index is 1430. The van der Waals surface area contributed by atoms with Gasteiger partial charge in [-0.1, -0.05) is 0 Å². The fraction of sp³-hybridized carbons (Fsp3) is 0.643. The fourth-order valence-corrected chi connectivity index (χ4v) is 3.80. The number of aliphatic hydroxyl groups excluding tert-OH is 12. The average molecular weight is 855 g/mol. The highest BCUT2D eigenvalue weighted by Gasteiger charge is 2.47. The Morgan fingerprint density at radius 3 is 0.776 bits per heavy atom. The zero-order valence-electron chi connectivity index (χ0n) is 28.9. The molecule has 0 spiro atoms. The maximum absolute atomic E-state index is 12.1. The minimum atomic E-state index is -3.64. The molecule has 330 valence electrons. The molecule has 0 radical (unpaired) electrons. The summed E-state index contributed by atoms with van der Waals surface area (Å²) in [5.41, 5.74) is -7.29. The van der Waals surface area contributed by atoms with Crippen LogP contribution in [-0.2, 0) is 66.9 Å². The van der Waals surface area contributed by atoms with Gasteiger partial charge in [0.1, 0.15) is 36.6 Å². The van der Waals surface area contributed by atoms with Crippen molar-refractivity contribution in [2.24, 2.45) is 0 Å². The van der Waals surface area contributed by atoms with E-state index in [-0.39, 0.29) is 0 Å². The third-order valence-corrected chi connectivity index (χ3v) is 7.18. The van der Waals surface area contributed by atoms with E-state index in [1.54, 1.807) is 0 Å². The largest absolute Gasteiger partial charge is 0.479 e. The Kier molecular flexibility index (Phi) is 20.8. The topological polar surface area (TPSA) is 531 Å². The second-order valence-corrected chi connectivity index (χ2v) is 11.8. The molecule has 0 fully saturated rings. The molecule has 30 heteroatoms. The number of aliphatic carboxylic acids is 2. The van der Waals surface area contributed by atoms with E-state index in [1.807, 2.05) is 0 Å². The van der Waals surface area contributed by atoms with Gasteiger partial charge in [0.2, 0.25) is 0 Å². The Morgan fingerprint density at radius 1 is 0.379 bits per heavy atom. The SMILES string of the molecule is O=C(CC(O)(CC(=O)OC(=O)[C@H](O)[C@@H](O)[C@H](O)[C@H](O)CO)C(=O)O)OC(=O)C(O)C(O)C(=O)OC(=O)CC(O)(CC(=O)OC(=O)[C@H](O)[C@@H](O)[C@H](O)[C@H](O)CO)C(=O)O. The zero-order chi connectivity index (χ0) is 45.6. The third-order valence-electron chi connectivity index (χ3n) is 7.18. The zero-order valence-corrected chi connectivity index (χ0v) is 28.9. The highest BCUT2D eigenvalue weighted by molar-refractivity contribution is 5.98. The number of carboxylic acid groups (broad SMARTS) is 2. The summed E-state index contributed by atoms with van der Waals surface area (Å²) in [5.74, 6) is -22.4. The average Bonchev–Trinajstić information content (AvgIpc) is 3.13. The number of rotatable bonds is 23. The van der Waals surface area contributed by atoms with E-state index < -0.39 is 171 Å². The van der Waals surface area contributed by atoms with Crippen LogP contribution in [-0.4, -0.2) is 227 Å². The molecule has 0 saturated heterocycles. The first-order valence-corrected chi connectivity index (χ1v) is 15.4. The lowest BCUT2D eigenvalue weighted by Gasteiger charge is -2.25. The second-order valence-electron chi connectivity index (χ2n) is 11.8. The molecule has 0 saturated carbocycles. The molecule has 0 rings (SSSR count). The molecular weight excluding hydrogens is 816 g/mol. The molecular formula is C28H38O30. The van der Waals surface area contributed by atoms with Gasteiger partial charge in [-0.15, -0.1) is 0 Å². The summed E-state index contributed by atoms with van der Waals surface area (Å²) in [6, 6.07) is 0. The molecule has 0 amide bonds. The molecule has 4 unspecified atom stereocenters. The normalized spacial score (nSPS) is 18.7. The number of aliphatic hydroxyl groups is 14. The van der Waals surface area contributed by atoms with E-state index in [0.29, 0.717) is 0 Å². The molecule has 0 aliphatic carbocycles. The van der Waals surface area contributed by atoms with Crippen molar-refractivity contribution in [3.05, 3.63) is 0 Å². The molecule has 0 aliphatic heterocycles. The third kappa shape index (κ3) is 15.4. The van der Waals surface area contributed by atoms with E-state index in [2.05, 4.69) is 18.9 Å². The van der Waals surface area contributed by atoms with Crippen molar-refractivity contribution in [2.45, 2.75) is 97.9 Å². The van der Waals surface area contributed by atoms with Gasteiger partial charge in [-0.05, 0) is 0 Å². The smallest absolute Gasteiger partial charge is 0.346 e. The van der Waals surface area contributed by atoms with Gasteiger partial charge in [0.05, 0.1) is 38.9 Å². The fourth-order valence-electron chi connectivity index (χ4n) is 3.80. The highest BCUT2D eigenvalue weighted by atomic mass is 16.6. The number of esters is 8. The van der Waals surface area contributed by atoms with E-state index in [4.69, 9.17) is 10.2 Å². The van der Waals surface area contributed by atoms with E-state index >= 15 is 0 Å². The molecule has 58 heavy (non-hydrogen) atoms. The van der Waals surface area contributed by atoms with Gasteiger partial charge in [-0.25, -0.2) is 28.8 Å². The molecule has 0 heterocycles. The number of ether oxygens (including phenoxy) is 4. The number of carbonyl (C=O) groups excluding carboxylic acids is 8. The van der Waals surface area contributed by atoms with Gasteiger partial charge < -0.3 is 101 Å². The van der Waals surface area contributed by atoms with Gasteiger partial charge >= 0.3 is 59.7 Å². The lowest BCUT2D eigenvalue weighted by atomic mass is 9.95. The first-order valence-electron chi connectivity index (χ1n) is 15.4. The van der Waals surface area contributed by atoms with Crippen molar-refractivity contribution in [3.63, 3.8) is 0 Å². The van der Waals surface area contributed by atoms with Crippen LogP contribution in [0.15, 0.2) is 0 Å². The van der Waals surface area contributed by atoms with Crippen LogP contribution in [0, 0.1) is 0 Å². The summed E-state index contributed by atoms with van der Waals surface area (Å²) >= 11 is 0. The maximum atomic E-state index is 12.1. The first-order chi connectivity index (χ1) is 26.5. The van der Waals surface area contributed by atoms with Gasteiger partial charge in [0.25, 0.3) is 0 Å². The minimum absolute atomic E-state index is 1.18. The number of hydrogen-bond acceptors (Lipinski definition) is 28. The van der Waals surface area contributed by atoms with E-state index in [1.165, 1.54) is 0 Å². The Hall–Kier alpha value is -5.06. The van der Waals surface area contributed by atoms with Gasteiger partial charge in [-0.2, -0.15) is 0 Å². The monoisotopic (exact) mass is 854 g/mol. The van der Waals surface area contributed by atoms with E-state index in [0.717, 1.165) is 0 Å². The molecule has 12 atom stereocenters. The summed E-state index contributed by atoms with van der Waals surface area (Å²) in [5, 5.41) is 152. The van der Waals surface area contributed by atoms with Crippen molar-refractivity contribution in [1.82, 2.24) is 0 Å². The van der Waals surface area contributed by atoms with E-state index in [9.17, 15) is 119 Å². The van der Waals surface area contributed by atoms with Crippen LogP contribution in [0.1, 0.15) is 25.7 Å². The summed E-state index contributed by atoms with van der Waals surface area (Å²) in [6.45, 7) is -2.37. The molecule has 30 nitrogen and oxygen atoms in total. The number of carboxylic acids is 2. The molecule has 0 aromatic rings. The minimum Gasteiger partial charge on any atom is -0.479 e. The summed E-state index contributed by atoms with van der Waals surface area (Å²) in [6.07, 6.45) is -34.0. The van der Waals surface area contributed by atoms with Crippen molar-refractivity contribution in [3.8, 4) is 0 Å². The standard InChI is InChI=1S/C28H38O30/c29-5-7(31)13(37)15(39)17(41)21(45)55-9(33)1-27(53,25(49)50)3-11(35)57-23(47)19(43)20(44)24(48)58-12(36)4-28(54,26(51)52)2-10(34)56-22(46)18(42)16(40)14(38)8(32)6-30/h7-8,13-20,29-32,37-44,53-54H,1-6H2,(H,49,50)(H,51,52)/t7-,8-,13-,14-,15+,16+,17-,18-,19?,20?,27?,28?/m1/s1. The first kappa shape index (κ1) is 52.9. The lowest BCUT2D eigenvalue weighted by molar-refractivity contribution is -0.188. The van der Waals surface area contributed by atoms with Crippen LogP contribution in [0.25, 0.3) is 0 Å². The van der Waals surface area contributed by atoms with Crippen LogP contribution < -0.4 is 0 Å². The Balaban J connectivity index is 5.45. The second kappa shape index (κ2) is 22.8. The summed E-state index contributed by atoms with van der Waals surface area (Å²) < 4.78 is 15.8. The number of hydrogen-bond donors (Lipinski definition) is 16. The van der Waals surface area contributed by atoms with Crippen LogP contribution in [0.2, 0.25) is 0 Å². The Labute approximate surface area is 319 Å². The maximum Gasteiger partial charge on any atom is 0.346 e. The van der Waals surface area contributed by atoms with Crippen molar-refractivity contribution in [1.29, 1.82) is 0 Å². The molecule has 0 aliphatic rings. The lowest BCUT2D eigenvalue weighted by Crippen LogP contribution is -2.50. The van der Waals surface area contributed by atoms with Crippen LogP contribution >= 0.6 is 0 Å². The number of carbonyl (C=O) groups is 10. The van der Waals surface area contributed by atoms with Gasteiger partial charge in [0, 0.05) is 0 Å². The Morgan fingerprint density at radius 2 is 0.586 bits per heavy atom.